The summed E-state index contributed by atoms with van der Waals surface area (Å²) in [6, 6.07) is 1.70. The highest BCUT2D eigenvalue weighted by atomic mass is 16.5. The Labute approximate surface area is 140 Å². The summed E-state index contributed by atoms with van der Waals surface area (Å²) in [7, 11) is 1.86. The first-order valence-electron chi connectivity index (χ1n) is 8.07. The van der Waals surface area contributed by atoms with Gasteiger partial charge in [-0.15, -0.1) is 10.2 Å². The first-order chi connectivity index (χ1) is 11.5. The number of aryl methyl sites for hydroxylation is 2. The quantitative estimate of drug-likeness (QED) is 0.885. The van der Waals surface area contributed by atoms with Crippen molar-refractivity contribution in [2.24, 2.45) is 7.05 Å². The summed E-state index contributed by atoms with van der Waals surface area (Å²) < 4.78 is 7.05. The first-order valence-corrected chi connectivity index (χ1v) is 8.07. The Balaban J connectivity index is 1.47. The number of aromatic nitrogens is 4. The zero-order chi connectivity index (χ0) is 17.1. The van der Waals surface area contributed by atoms with Gasteiger partial charge in [-0.3, -0.25) is 4.90 Å². The molecule has 0 spiro atoms. The molecule has 9 heteroatoms. The largest absolute Gasteiger partial charge is 0.360 e. The fourth-order valence-corrected chi connectivity index (χ4v) is 2.85. The van der Waals surface area contributed by atoms with E-state index in [-0.39, 0.29) is 12.1 Å². The maximum atomic E-state index is 12.4. The SMILES string of the molecule is Cc1cc(CN2CCN(C(=O)N[C@H](C)c3nncn3C)CC2)on1. The maximum absolute atomic E-state index is 12.4. The van der Waals surface area contributed by atoms with E-state index >= 15 is 0 Å². The van der Waals surface area contributed by atoms with Gasteiger partial charge in [-0.1, -0.05) is 5.16 Å². The Morgan fingerprint density at radius 1 is 1.38 bits per heavy atom. The molecule has 2 aromatic heterocycles. The lowest BCUT2D eigenvalue weighted by atomic mass is 10.3. The van der Waals surface area contributed by atoms with E-state index in [1.54, 1.807) is 6.33 Å². The summed E-state index contributed by atoms with van der Waals surface area (Å²) in [5, 5.41) is 14.7. The molecule has 130 valence electrons. The van der Waals surface area contributed by atoms with Gasteiger partial charge in [0.15, 0.2) is 11.6 Å². The molecule has 24 heavy (non-hydrogen) atoms. The van der Waals surface area contributed by atoms with Gasteiger partial charge in [0.1, 0.15) is 6.33 Å². The molecule has 1 saturated heterocycles. The molecule has 0 saturated carbocycles. The van der Waals surface area contributed by atoms with E-state index in [0.717, 1.165) is 36.9 Å². The minimum Gasteiger partial charge on any atom is -0.360 e. The lowest BCUT2D eigenvalue weighted by Crippen LogP contribution is -2.51. The van der Waals surface area contributed by atoms with Crippen molar-refractivity contribution in [1.82, 2.24) is 35.0 Å². The van der Waals surface area contributed by atoms with E-state index in [4.69, 9.17) is 4.52 Å². The van der Waals surface area contributed by atoms with E-state index in [1.165, 1.54) is 0 Å². The Kier molecular flexibility index (Phi) is 4.79. The predicted molar refractivity (Wildman–Crippen MR) is 86.0 cm³/mol. The summed E-state index contributed by atoms with van der Waals surface area (Å²) in [6.07, 6.45) is 1.63. The average Bonchev–Trinajstić information content (AvgIpc) is 3.16. The summed E-state index contributed by atoms with van der Waals surface area (Å²) >= 11 is 0. The number of rotatable bonds is 4. The molecule has 1 atom stereocenters. The van der Waals surface area contributed by atoms with E-state index < -0.39 is 0 Å². The number of nitrogens with one attached hydrogen (secondary N) is 1. The number of piperazine rings is 1. The van der Waals surface area contributed by atoms with Crippen LogP contribution in [0.4, 0.5) is 4.79 Å². The fraction of sp³-hybridized carbons (Fsp3) is 0.600. The molecule has 2 amide bonds. The highest BCUT2D eigenvalue weighted by Crippen LogP contribution is 2.12. The molecule has 2 aromatic rings. The smallest absolute Gasteiger partial charge is 0.318 e. The molecular formula is C15H23N7O2. The van der Waals surface area contributed by atoms with Crippen molar-refractivity contribution < 1.29 is 9.32 Å². The number of carbonyl (C=O) groups is 1. The lowest BCUT2D eigenvalue weighted by Gasteiger charge is -2.34. The van der Waals surface area contributed by atoms with Gasteiger partial charge in [0.05, 0.1) is 18.3 Å². The first kappa shape index (κ1) is 16.4. The summed E-state index contributed by atoms with van der Waals surface area (Å²) in [6.45, 7) is 7.54. The Bertz CT molecular complexity index is 688. The van der Waals surface area contributed by atoms with Gasteiger partial charge >= 0.3 is 6.03 Å². The van der Waals surface area contributed by atoms with Gasteiger partial charge < -0.3 is 19.3 Å². The number of hydrogen-bond donors (Lipinski definition) is 1. The minimum absolute atomic E-state index is 0.0688. The number of carbonyl (C=O) groups excluding carboxylic acids is 1. The van der Waals surface area contributed by atoms with Crippen LogP contribution < -0.4 is 5.32 Å². The third-order valence-corrected chi connectivity index (χ3v) is 4.19. The summed E-state index contributed by atoms with van der Waals surface area (Å²) in [5.74, 6) is 1.60. The number of hydrogen-bond acceptors (Lipinski definition) is 6. The zero-order valence-electron chi connectivity index (χ0n) is 14.3. The molecule has 3 rings (SSSR count). The molecule has 0 radical (unpaired) electrons. The van der Waals surface area contributed by atoms with Gasteiger partial charge in [-0.05, 0) is 13.8 Å². The third-order valence-electron chi connectivity index (χ3n) is 4.19. The molecule has 3 heterocycles. The summed E-state index contributed by atoms with van der Waals surface area (Å²) in [5.41, 5.74) is 0.890. The van der Waals surface area contributed by atoms with Crippen LogP contribution >= 0.6 is 0 Å². The molecule has 1 aliphatic heterocycles. The highest BCUT2D eigenvalue weighted by molar-refractivity contribution is 5.74. The molecule has 1 fully saturated rings. The maximum Gasteiger partial charge on any atom is 0.318 e. The van der Waals surface area contributed by atoms with Crippen LogP contribution in [0, 0.1) is 6.92 Å². The van der Waals surface area contributed by atoms with Gasteiger partial charge in [0.2, 0.25) is 0 Å². The van der Waals surface area contributed by atoms with E-state index in [9.17, 15) is 4.79 Å². The normalized spacial score (nSPS) is 17.0. The van der Waals surface area contributed by atoms with Crippen molar-refractivity contribution in [2.45, 2.75) is 26.4 Å². The van der Waals surface area contributed by atoms with Crippen LogP contribution in [0.2, 0.25) is 0 Å². The third kappa shape index (κ3) is 3.73. The van der Waals surface area contributed by atoms with Gasteiger partial charge in [0.25, 0.3) is 0 Å². The van der Waals surface area contributed by atoms with E-state index in [0.29, 0.717) is 13.1 Å². The van der Waals surface area contributed by atoms with Crippen LogP contribution in [0.1, 0.15) is 30.2 Å². The Morgan fingerprint density at radius 2 is 2.12 bits per heavy atom. The Morgan fingerprint density at radius 3 is 2.71 bits per heavy atom. The van der Waals surface area contributed by atoms with Gasteiger partial charge in [0, 0.05) is 39.3 Å². The van der Waals surface area contributed by atoms with Crippen molar-refractivity contribution in [3.05, 3.63) is 29.7 Å². The second kappa shape index (κ2) is 7.00. The molecule has 9 nitrogen and oxygen atoms in total. The van der Waals surface area contributed by atoms with Crippen LogP contribution in [0.15, 0.2) is 16.9 Å². The van der Waals surface area contributed by atoms with Crippen LogP contribution in [0.3, 0.4) is 0 Å². The monoisotopic (exact) mass is 333 g/mol. The van der Waals surface area contributed by atoms with E-state index in [1.807, 2.05) is 36.4 Å². The van der Waals surface area contributed by atoms with Crippen molar-refractivity contribution in [3.8, 4) is 0 Å². The fourth-order valence-electron chi connectivity index (χ4n) is 2.85. The molecular weight excluding hydrogens is 310 g/mol. The van der Waals surface area contributed by atoms with Crippen LogP contribution in [0.25, 0.3) is 0 Å². The Hall–Kier alpha value is -2.42. The predicted octanol–water partition coefficient (Wildman–Crippen LogP) is 0.700. The van der Waals surface area contributed by atoms with Gasteiger partial charge in [-0.25, -0.2) is 4.79 Å². The number of nitrogens with zero attached hydrogens (tertiary/aromatic N) is 6. The van der Waals surface area contributed by atoms with Gasteiger partial charge in [-0.2, -0.15) is 0 Å². The van der Waals surface area contributed by atoms with Crippen molar-refractivity contribution in [1.29, 1.82) is 0 Å². The van der Waals surface area contributed by atoms with Crippen molar-refractivity contribution in [3.63, 3.8) is 0 Å². The van der Waals surface area contributed by atoms with Crippen LogP contribution in [-0.2, 0) is 13.6 Å². The lowest BCUT2D eigenvalue weighted by molar-refractivity contribution is 0.126. The number of urea groups is 1. The molecule has 1 aliphatic rings. The summed E-state index contributed by atoms with van der Waals surface area (Å²) in [4.78, 5) is 16.5. The molecule has 1 N–H and O–H groups in total. The topological polar surface area (TPSA) is 92.3 Å². The number of amides is 2. The second-order valence-corrected chi connectivity index (χ2v) is 6.17. The average molecular weight is 333 g/mol. The molecule has 0 aromatic carbocycles. The molecule has 0 unspecified atom stereocenters. The highest BCUT2D eigenvalue weighted by Gasteiger charge is 2.24. The molecule has 0 aliphatic carbocycles. The molecule has 0 bridgehead atoms. The van der Waals surface area contributed by atoms with Crippen molar-refractivity contribution in [2.75, 3.05) is 26.2 Å². The van der Waals surface area contributed by atoms with E-state index in [2.05, 4.69) is 25.6 Å². The second-order valence-electron chi connectivity index (χ2n) is 6.17. The standard InChI is InChI=1S/C15H23N7O2/c1-11-8-13(24-19-11)9-21-4-6-22(7-5-21)15(23)17-12(2)14-18-16-10-20(14)3/h8,10,12H,4-7,9H2,1-3H3,(H,17,23)/t12-/m1/s1. The van der Waals surface area contributed by atoms with Crippen LogP contribution in [-0.4, -0.2) is 61.9 Å². The van der Waals surface area contributed by atoms with Crippen molar-refractivity contribution >= 4 is 6.03 Å². The van der Waals surface area contributed by atoms with Crippen LogP contribution in [0.5, 0.6) is 0 Å². The zero-order valence-corrected chi connectivity index (χ0v) is 14.3. The minimum atomic E-state index is -0.180.